The molecule has 0 bridgehead atoms. The van der Waals surface area contributed by atoms with Crippen molar-refractivity contribution in [1.29, 1.82) is 0 Å². The second kappa shape index (κ2) is 7.96. The summed E-state index contributed by atoms with van der Waals surface area (Å²) >= 11 is 0. The lowest BCUT2D eigenvalue weighted by atomic mass is 10.2. The van der Waals surface area contributed by atoms with E-state index in [1.165, 1.54) is 9.80 Å². The van der Waals surface area contributed by atoms with Gasteiger partial charge in [-0.05, 0) is 31.2 Å². The summed E-state index contributed by atoms with van der Waals surface area (Å²) in [6.45, 7) is 3.18. The number of hydrogen-bond acceptors (Lipinski definition) is 6. The van der Waals surface area contributed by atoms with Crippen LogP contribution in [0.5, 0.6) is 0 Å². The molecule has 1 aromatic carbocycles. The number of anilines is 1. The molecular weight excluding hydrogens is 350 g/mol. The molecule has 0 saturated carbocycles. The standard InChI is InChI=1S/C17H21N7O3/c1-2-23-7-8-24(17(27)16(23)26)10-14(25)19-12-5-3-11(4-6-12)15-20-13(9-18)21-22-15/h3-6H,2,7-10,18H2,1H3,(H,19,25)(H,20,21,22). The topological polar surface area (TPSA) is 137 Å². The van der Waals surface area contributed by atoms with E-state index in [4.69, 9.17) is 5.73 Å². The molecule has 27 heavy (non-hydrogen) atoms. The third kappa shape index (κ3) is 4.11. The molecule has 1 aliphatic heterocycles. The van der Waals surface area contributed by atoms with Crippen LogP contribution in [0.25, 0.3) is 11.4 Å². The van der Waals surface area contributed by atoms with E-state index in [-0.39, 0.29) is 19.0 Å². The van der Waals surface area contributed by atoms with Gasteiger partial charge in [-0.25, -0.2) is 4.98 Å². The first kappa shape index (κ1) is 18.5. The molecule has 10 heteroatoms. The van der Waals surface area contributed by atoms with Crippen molar-refractivity contribution in [2.75, 3.05) is 31.5 Å². The zero-order valence-corrected chi connectivity index (χ0v) is 14.9. The van der Waals surface area contributed by atoms with Gasteiger partial charge in [-0.1, -0.05) is 0 Å². The third-order valence-electron chi connectivity index (χ3n) is 4.27. The van der Waals surface area contributed by atoms with Crippen molar-refractivity contribution in [2.45, 2.75) is 13.5 Å². The average molecular weight is 371 g/mol. The van der Waals surface area contributed by atoms with Crippen molar-refractivity contribution in [2.24, 2.45) is 5.73 Å². The number of nitrogens with one attached hydrogen (secondary N) is 2. The van der Waals surface area contributed by atoms with Crippen molar-refractivity contribution in [1.82, 2.24) is 25.0 Å². The van der Waals surface area contributed by atoms with Crippen LogP contribution in [0, 0.1) is 0 Å². The average Bonchev–Trinajstić information content (AvgIpc) is 3.15. The second-order valence-electron chi connectivity index (χ2n) is 6.05. The summed E-state index contributed by atoms with van der Waals surface area (Å²) in [5.41, 5.74) is 6.85. The number of nitrogens with zero attached hydrogens (tertiary/aromatic N) is 4. The van der Waals surface area contributed by atoms with Crippen LogP contribution in [0.3, 0.4) is 0 Å². The third-order valence-corrected chi connectivity index (χ3v) is 4.27. The maximum absolute atomic E-state index is 12.2. The Kier molecular flexibility index (Phi) is 5.46. The van der Waals surface area contributed by atoms with Gasteiger partial charge in [-0.2, -0.15) is 5.10 Å². The molecule has 10 nitrogen and oxygen atoms in total. The predicted molar refractivity (Wildman–Crippen MR) is 97.2 cm³/mol. The van der Waals surface area contributed by atoms with Gasteiger partial charge in [0, 0.05) is 30.9 Å². The number of rotatable bonds is 6. The fourth-order valence-corrected chi connectivity index (χ4v) is 2.76. The summed E-state index contributed by atoms with van der Waals surface area (Å²) in [6, 6.07) is 6.98. The molecule has 0 spiro atoms. The molecule has 3 rings (SSSR count). The largest absolute Gasteiger partial charge is 0.333 e. The number of H-pyrrole nitrogens is 1. The molecule has 1 saturated heterocycles. The molecule has 1 aliphatic rings. The number of aromatic amines is 1. The van der Waals surface area contributed by atoms with Crippen molar-refractivity contribution < 1.29 is 14.4 Å². The van der Waals surface area contributed by atoms with Crippen LogP contribution >= 0.6 is 0 Å². The highest BCUT2D eigenvalue weighted by Gasteiger charge is 2.32. The quantitative estimate of drug-likeness (QED) is 0.589. The predicted octanol–water partition coefficient (Wildman–Crippen LogP) is -0.440. The molecule has 3 amide bonds. The Morgan fingerprint density at radius 3 is 2.48 bits per heavy atom. The summed E-state index contributed by atoms with van der Waals surface area (Å²) in [5.74, 6) is -0.466. The Hall–Kier alpha value is -3.27. The second-order valence-corrected chi connectivity index (χ2v) is 6.05. The number of aromatic nitrogens is 3. The Labute approximate surface area is 155 Å². The van der Waals surface area contributed by atoms with Crippen molar-refractivity contribution in [3.05, 3.63) is 30.1 Å². The number of benzene rings is 1. The molecule has 0 unspecified atom stereocenters. The molecule has 142 valence electrons. The molecular formula is C17H21N7O3. The summed E-state index contributed by atoms with van der Waals surface area (Å²) in [4.78, 5) is 43.1. The van der Waals surface area contributed by atoms with E-state index < -0.39 is 11.8 Å². The van der Waals surface area contributed by atoms with Gasteiger partial charge in [0.05, 0.1) is 6.54 Å². The van der Waals surface area contributed by atoms with Gasteiger partial charge >= 0.3 is 11.8 Å². The Morgan fingerprint density at radius 2 is 1.85 bits per heavy atom. The lowest BCUT2D eigenvalue weighted by Crippen LogP contribution is -2.55. The zero-order valence-electron chi connectivity index (χ0n) is 14.9. The van der Waals surface area contributed by atoms with Gasteiger partial charge in [0.25, 0.3) is 0 Å². The smallest absolute Gasteiger partial charge is 0.312 e. The summed E-state index contributed by atoms with van der Waals surface area (Å²) < 4.78 is 0. The maximum atomic E-state index is 12.2. The first-order valence-corrected chi connectivity index (χ1v) is 8.61. The van der Waals surface area contributed by atoms with Gasteiger partial charge < -0.3 is 20.9 Å². The summed E-state index contributed by atoms with van der Waals surface area (Å²) in [5, 5.41) is 9.53. The minimum atomic E-state index is -0.645. The summed E-state index contributed by atoms with van der Waals surface area (Å²) in [6.07, 6.45) is 0. The Bertz CT molecular complexity index is 846. The SMILES string of the molecule is CCN1CCN(CC(=O)Nc2ccc(-c3n[nH]c(CN)n3)cc2)C(=O)C1=O. The van der Waals surface area contributed by atoms with E-state index in [9.17, 15) is 14.4 Å². The van der Waals surface area contributed by atoms with Gasteiger partial charge in [0.1, 0.15) is 12.4 Å². The number of piperazine rings is 1. The maximum Gasteiger partial charge on any atom is 0.312 e. The van der Waals surface area contributed by atoms with E-state index in [1.807, 2.05) is 6.92 Å². The van der Waals surface area contributed by atoms with Crippen LogP contribution in [0.4, 0.5) is 5.69 Å². The number of carbonyl (C=O) groups is 3. The molecule has 0 radical (unpaired) electrons. The molecule has 4 N–H and O–H groups in total. The van der Waals surface area contributed by atoms with Gasteiger partial charge in [-0.3, -0.25) is 19.5 Å². The monoisotopic (exact) mass is 371 g/mol. The van der Waals surface area contributed by atoms with Gasteiger partial charge in [-0.15, -0.1) is 0 Å². The Morgan fingerprint density at radius 1 is 1.19 bits per heavy atom. The molecule has 2 aromatic rings. The van der Waals surface area contributed by atoms with Crippen molar-refractivity contribution in [3.63, 3.8) is 0 Å². The highest BCUT2D eigenvalue weighted by Crippen LogP contribution is 2.18. The van der Waals surface area contributed by atoms with E-state index in [2.05, 4.69) is 20.5 Å². The normalized spacial score (nSPS) is 14.6. The minimum absolute atomic E-state index is 0.162. The Balaban J connectivity index is 1.58. The zero-order chi connectivity index (χ0) is 19.4. The molecule has 2 heterocycles. The number of likely N-dealkylation sites (N-methyl/N-ethyl adjacent to an activating group) is 1. The number of hydrogen-bond donors (Lipinski definition) is 3. The van der Waals surface area contributed by atoms with Crippen LogP contribution in [0.15, 0.2) is 24.3 Å². The number of carbonyl (C=O) groups excluding carboxylic acids is 3. The van der Waals surface area contributed by atoms with Crippen LogP contribution in [-0.2, 0) is 20.9 Å². The van der Waals surface area contributed by atoms with Gasteiger partial charge in [0.15, 0.2) is 5.82 Å². The minimum Gasteiger partial charge on any atom is -0.333 e. The van der Waals surface area contributed by atoms with Crippen molar-refractivity contribution >= 4 is 23.4 Å². The molecule has 1 fully saturated rings. The lowest BCUT2D eigenvalue weighted by Gasteiger charge is -2.32. The van der Waals surface area contributed by atoms with Crippen molar-refractivity contribution in [3.8, 4) is 11.4 Å². The number of amides is 3. The van der Waals surface area contributed by atoms with E-state index >= 15 is 0 Å². The lowest BCUT2D eigenvalue weighted by molar-refractivity contribution is -0.156. The van der Waals surface area contributed by atoms with Crippen LogP contribution < -0.4 is 11.1 Å². The molecule has 1 aromatic heterocycles. The van der Waals surface area contributed by atoms with Crippen LogP contribution in [0.1, 0.15) is 12.7 Å². The van der Waals surface area contributed by atoms with E-state index in [1.54, 1.807) is 24.3 Å². The fourth-order valence-electron chi connectivity index (χ4n) is 2.76. The van der Waals surface area contributed by atoms with Gasteiger partial charge in [0.2, 0.25) is 5.91 Å². The van der Waals surface area contributed by atoms with Crippen LogP contribution in [-0.4, -0.2) is 68.9 Å². The number of nitrogens with two attached hydrogens (primary N) is 1. The summed E-state index contributed by atoms with van der Waals surface area (Å²) in [7, 11) is 0. The molecule has 0 atom stereocenters. The van der Waals surface area contributed by atoms with Crippen LogP contribution in [0.2, 0.25) is 0 Å². The highest BCUT2D eigenvalue weighted by molar-refractivity contribution is 6.35. The fraction of sp³-hybridized carbons (Fsp3) is 0.353. The molecule has 0 aliphatic carbocycles. The highest BCUT2D eigenvalue weighted by atomic mass is 16.2. The first-order valence-electron chi connectivity index (χ1n) is 8.61. The van der Waals surface area contributed by atoms with E-state index in [0.29, 0.717) is 37.0 Å². The van der Waals surface area contributed by atoms with E-state index in [0.717, 1.165) is 5.56 Å². The first-order chi connectivity index (χ1) is 13.0.